The Hall–Kier alpha value is -1.64. The summed E-state index contributed by atoms with van der Waals surface area (Å²) in [7, 11) is 0. The summed E-state index contributed by atoms with van der Waals surface area (Å²) < 4.78 is 0. The smallest absolute Gasteiger partial charge is 0.0681 e. The van der Waals surface area contributed by atoms with Crippen LogP contribution in [0.25, 0.3) is 0 Å². The first-order valence-electron chi connectivity index (χ1n) is 7.51. The van der Waals surface area contributed by atoms with Gasteiger partial charge in [-0.05, 0) is 55.5 Å². The van der Waals surface area contributed by atoms with Crippen molar-refractivity contribution in [3.8, 4) is 0 Å². The summed E-state index contributed by atoms with van der Waals surface area (Å²) in [5.41, 5.74) is 7.61. The van der Waals surface area contributed by atoms with Gasteiger partial charge in [0.1, 0.15) is 0 Å². The molecule has 2 N–H and O–H groups in total. The highest BCUT2D eigenvalue weighted by Crippen LogP contribution is 2.23. The third kappa shape index (κ3) is 3.93. The normalized spacial score (nSPS) is 12.4. The third-order valence-corrected chi connectivity index (χ3v) is 3.99. The molecule has 0 heterocycles. The van der Waals surface area contributed by atoms with Gasteiger partial charge in [0.15, 0.2) is 0 Å². The predicted octanol–water partition coefficient (Wildman–Crippen LogP) is 3.95. The first-order valence-corrected chi connectivity index (χ1v) is 7.51. The van der Waals surface area contributed by atoms with Crippen molar-refractivity contribution in [3.63, 3.8) is 0 Å². The highest BCUT2D eigenvalue weighted by Gasteiger charge is 2.11. The van der Waals surface area contributed by atoms with Crippen LogP contribution >= 0.6 is 0 Å². The number of rotatable bonds is 5. The van der Waals surface area contributed by atoms with E-state index in [-0.39, 0.29) is 6.61 Å². The largest absolute Gasteiger partial charge is 0.392 e. The van der Waals surface area contributed by atoms with Gasteiger partial charge in [-0.3, -0.25) is 0 Å². The molecule has 1 unspecified atom stereocenters. The number of aliphatic hydroxyl groups is 1. The Labute approximate surface area is 127 Å². The van der Waals surface area contributed by atoms with Gasteiger partial charge in [-0.1, -0.05) is 42.0 Å². The SMILES string of the molecule is Cc1cc(C)c(C(C)NCc2ccc(CO)cc2)c(C)c1. The van der Waals surface area contributed by atoms with Crippen LogP contribution in [0.2, 0.25) is 0 Å². The average molecular weight is 283 g/mol. The lowest BCUT2D eigenvalue weighted by Gasteiger charge is -2.20. The van der Waals surface area contributed by atoms with Gasteiger partial charge in [-0.25, -0.2) is 0 Å². The second kappa shape index (κ2) is 6.88. The molecule has 112 valence electrons. The Morgan fingerprint density at radius 3 is 2.00 bits per heavy atom. The van der Waals surface area contributed by atoms with E-state index in [1.165, 1.54) is 27.8 Å². The van der Waals surface area contributed by atoms with E-state index >= 15 is 0 Å². The van der Waals surface area contributed by atoms with E-state index in [9.17, 15) is 0 Å². The molecule has 0 amide bonds. The van der Waals surface area contributed by atoms with E-state index in [0.29, 0.717) is 6.04 Å². The fourth-order valence-electron chi connectivity index (χ4n) is 3.01. The molecule has 2 aromatic carbocycles. The van der Waals surface area contributed by atoms with Gasteiger partial charge in [0.05, 0.1) is 6.61 Å². The fourth-order valence-corrected chi connectivity index (χ4v) is 3.01. The lowest BCUT2D eigenvalue weighted by molar-refractivity contribution is 0.282. The van der Waals surface area contributed by atoms with Crippen molar-refractivity contribution in [2.24, 2.45) is 0 Å². The summed E-state index contributed by atoms with van der Waals surface area (Å²) >= 11 is 0. The topological polar surface area (TPSA) is 32.3 Å². The molecule has 0 fully saturated rings. The Bertz CT molecular complexity index is 578. The van der Waals surface area contributed by atoms with Crippen molar-refractivity contribution < 1.29 is 5.11 Å². The summed E-state index contributed by atoms with van der Waals surface area (Å²) in [6.07, 6.45) is 0. The van der Waals surface area contributed by atoms with Crippen molar-refractivity contribution in [2.45, 2.75) is 46.9 Å². The quantitative estimate of drug-likeness (QED) is 0.870. The van der Waals surface area contributed by atoms with E-state index in [2.05, 4.69) is 57.3 Å². The third-order valence-electron chi connectivity index (χ3n) is 3.99. The van der Waals surface area contributed by atoms with Crippen molar-refractivity contribution in [1.82, 2.24) is 5.32 Å². The molecule has 0 bridgehead atoms. The van der Waals surface area contributed by atoms with Crippen LogP contribution in [0.1, 0.15) is 46.3 Å². The van der Waals surface area contributed by atoms with Crippen molar-refractivity contribution in [1.29, 1.82) is 0 Å². The molecule has 2 aromatic rings. The van der Waals surface area contributed by atoms with Gasteiger partial charge in [0.25, 0.3) is 0 Å². The molecule has 0 radical (unpaired) electrons. The minimum absolute atomic E-state index is 0.103. The molecule has 2 rings (SSSR count). The van der Waals surface area contributed by atoms with Crippen LogP contribution in [0.5, 0.6) is 0 Å². The number of nitrogens with one attached hydrogen (secondary N) is 1. The summed E-state index contributed by atoms with van der Waals surface area (Å²) in [6.45, 7) is 9.66. The van der Waals surface area contributed by atoms with Crippen LogP contribution in [-0.2, 0) is 13.2 Å². The summed E-state index contributed by atoms with van der Waals surface area (Å²) in [5.74, 6) is 0. The van der Waals surface area contributed by atoms with E-state index in [0.717, 1.165) is 12.1 Å². The number of aliphatic hydroxyl groups excluding tert-OH is 1. The molecular weight excluding hydrogens is 258 g/mol. The van der Waals surface area contributed by atoms with Crippen LogP contribution in [0, 0.1) is 20.8 Å². The Morgan fingerprint density at radius 1 is 0.952 bits per heavy atom. The molecule has 0 saturated carbocycles. The predicted molar refractivity (Wildman–Crippen MR) is 88.3 cm³/mol. The maximum Gasteiger partial charge on any atom is 0.0681 e. The van der Waals surface area contributed by atoms with Crippen LogP contribution in [0.3, 0.4) is 0 Å². The minimum atomic E-state index is 0.103. The van der Waals surface area contributed by atoms with Crippen LogP contribution in [0.15, 0.2) is 36.4 Å². The van der Waals surface area contributed by atoms with Gasteiger partial charge in [-0.15, -0.1) is 0 Å². The number of benzene rings is 2. The molecule has 2 nitrogen and oxygen atoms in total. The van der Waals surface area contributed by atoms with Gasteiger partial charge in [-0.2, -0.15) is 0 Å². The van der Waals surface area contributed by atoms with E-state index < -0.39 is 0 Å². The highest BCUT2D eigenvalue weighted by molar-refractivity contribution is 5.39. The number of aryl methyl sites for hydroxylation is 3. The maximum atomic E-state index is 9.06. The van der Waals surface area contributed by atoms with Crippen molar-refractivity contribution in [2.75, 3.05) is 0 Å². The van der Waals surface area contributed by atoms with E-state index in [1.54, 1.807) is 0 Å². The fraction of sp³-hybridized carbons (Fsp3) is 0.368. The van der Waals surface area contributed by atoms with Crippen molar-refractivity contribution >= 4 is 0 Å². The van der Waals surface area contributed by atoms with Gasteiger partial charge in [0, 0.05) is 12.6 Å². The van der Waals surface area contributed by atoms with Crippen LogP contribution < -0.4 is 5.32 Å². The second-order valence-electron chi connectivity index (χ2n) is 5.89. The summed E-state index contributed by atoms with van der Waals surface area (Å²) in [6, 6.07) is 12.9. The molecule has 0 saturated heterocycles. The molecule has 0 spiro atoms. The Morgan fingerprint density at radius 2 is 1.48 bits per heavy atom. The average Bonchev–Trinajstić information content (AvgIpc) is 2.44. The van der Waals surface area contributed by atoms with Crippen LogP contribution in [-0.4, -0.2) is 5.11 Å². The van der Waals surface area contributed by atoms with Gasteiger partial charge >= 0.3 is 0 Å². The Kier molecular flexibility index (Phi) is 5.16. The molecule has 0 aliphatic carbocycles. The molecule has 0 aromatic heterocycles. The van der Waals surface area contributed by atoms with Gasteiger partial charge < -0.3 is 10.4 Å². The second-order valence-corrected chi connectivity index (χ2v) is 5.89. The zero-order valence-corrected chi connectivity index (χ0v) is 13.4. The van der Waals surface area contributed by atoms with E-state index in [1.807, 2.05) is 12.1 Å². The number of hydrogen-bond acceptors (Lipinski definition) is 2. The lowest BCUT2D eigenvalue weighted by Crippen LogP contribution is -2.20. The first-order chi connectivity index (χ1) is 10.0. The monoisotopic (exact) mass is 283 g/mol. The van der Waals surface area contributed by atoms with E-state index in [4.69, 9.17) is 5.11 Å². The molecule has 2 heteroatoms. The lowest BCUT2D eigenvalue weighted by atomic mass is 9.95. The zero-order chi connectivity index (χ0) is 15.4. The summed E-state index contributed by atoms with van der Waals surface area (Å²) in [5, 5.41) is 12.7. The summed E-state index contributed by atoms with van der Waals surface area (Å²) in [4.78, 5) is 0. The minimum Gasteiger partial charge on any atom is -0.392 e. The number of hydrogen-bond donors (Lipinski definition) is 2. The maximum absolute atomic E-state index is 9.06. The zero-order valence-electron chi connectivity index (χ0n) is 13.4. The molecule has 0 aliphatic heterocycles. The molecule has 0 aliphatic rings. The highest BCUT2D eigenvalue weighted by atomic mass is 16.3. The molecular formula is C19H25NO. The molecule has 1 atom stereocenters. The molecule has 21 heavy (non-hydrogen) atoms. The standard InChI is InChI=1S/C19H25NO/c1-13-9-14(2)19(15(3)10-13)16(4)20-11-17-5-7-18(12-21)8-6-17/h5-10,16,20-21H,11-12H2,1-4H3. The van der Waals surface area contributed by atoms with Crippen molar-refractivity contribution in [3.05, 3.63) is 69.8 Å². The van der Waals surface area contributed by atoms with Gasteiger partial charge in [0.2, 0.25) is 0 Å². The Balaban J connectivity index is 2.06. The first kappa shape index (κ1) is 15.7. The van der Waals surface area contributed by atoms with Crippen LogP contribution in [0.4, 0.5) is 0 Å².